The lowest BCUT2D eigenvalue weighted by Crippen LogP contribution is -2.32. The minimum absolute atomic E-state index is 0. The van der Waals surface area contributed by atoms with E-state index in [4.69, 9.17) is 9.97 Å². The zero-order valence-corrected chi connectivity index (χ0v) is 23.2. The van der Waals surface area contributed by atoms with Crippen LogP contribution in [0.5, 0.6) is 0 Å². The number of anilines is 2. The highest BCUT2D eigenvalue weighted by Crippen LogP contribution is 2.29. The van der Waals surface area contributed by atoms with Crippen molar-refractivity contribution in [1.29, 1.82) is 0 Å². The number of imidazole rings is 1. The number of hydrogen-bond acceptors (Lipinski definition) is 7. The van der Waals surface area contributed by atoms with Crippen LogP contribution < -0.4 is 15.4 Å². The van der Waals surface area contributed by atoms with Crippen LogP contribution in [0.4, 0.5) is 11.8 Å². The summed E-state index contributed by atoms with van der Waals surface area (Å²) in [6.45, 7) is 4.94. The average Bonchev–Trinajstić information content (AvgIpc) is 3.47. The maximum atomic E-state index is 12.6. The van der Waals surface area contributed by atoms with Gasteiger partial charge in [0.05, 0.1) is 16.7 Å². The summed E-state index contributed by atoms with van der Waals surface area (Å²) in [7, 11) is -3.47. The van der Waals surface area contributed by atoms with Crippen LogP contribution in [0.2, 0.25) is 0 Å². The molecule has 9 nitrogen and oxygen atoms in total. The number of aromatic nitrogens is 4. The third-order valence-electron chi connectivity index (χ3n) is 7.46. The molecule has 1 aliphatic rings. The van der Waals surface area contributed by atoms with Gasteiger partial charge in [0, 0.05) is 44.0 Å². The maximum absolute atomic E-state index is 12.6. The lowest BCUT2D eigenvalue weighted by atomic mass is 9.82. The van der Waals surface area contributed by atoms with Crippen molar-refractivity contribution in [2.24, 2.45) is 11.8 Å². The Morgan fingerprint density at radius 3 is 2.38 bits per heavy atom. The Balaban J connectivity index is 0.00000370. The summed E-state index contributed by atoms with van der Waals surface area (Å²) in [5, 5.41) is 7.98. The molecule has 214 valence electrons. The maximum Gasteiger partial charge on any atom is 0.240 e. The molecule has 0 amide bonds. The molecule has 10 heteroatoms. The van der Waals surface area contributed by atoms with E-state index in [1.807, 2.05) is 55.8 Å². The highest BCUT2D eigenvalue weighted by Gasteiger charge is 2.23. The summed E-state index contributed by atoms with van der Waals surface area (Å²) < 4.78 is 30.1. The van der Waals surface area contributed by atoms with Crippen LogP contribution in [0.15, 0.2) is 72.1 Å². The fourth-order valence-electron chi connectivity index (χ4n) is 5.08. The van der Waals surface area contributed by atoms with Gasteiger partial charge in [0.25, 0.3) is 0 Å². The van der Waals surface area contributed by atoms with Crippen molar-refractivity contribution in [2.45, 2.75) is 57.9 Å². The Hall–Kier alpha value is -3.50. The summed E-state index contributed by atoms with van der Waals surface area (Å²) >= 11 is 0. The molecule has 40 heavy (non-hydrogen) atoms. The normalized spacial score (nSPS) is 17.3. The van der Waals surface area contributed by atoms with Gasteiger partial charge >= 0.3 is 0 Å². The number of benzene rings is 2. The topological polar surface area (TPSA) is 114 Å². The molecule has 2 heterocycles. The summed E-state index contributed by atoms with van der Waals surface area (Å²) in [6.07, 6.45) is 10.7. The fourth-order valence-corrected chi connectivity index (χ4v) is 6.20. The molecule has 3 N–H and O–H groups in total. The largest absolute Gasteiger partial charge is 0.369 e. The SMILES string of the molecule is C.Cc1ccc(S(=O)(=O)NCC2CCC(CNc3nc(NCCCn4ccnc4)c4ccccc4n3)CC2)cc1. The molecule has 0 atom stereocenters. The lowest BCUT2D eigenvalue weighted by molar-refractivity contribution is 0.284. The molecule has 0 aliphatic heterocycles. The van der Waals surface area contributed by atoms with Gasteiger partial charge in [0.2, 0.25) is 16.0 Å². The van der Waals surface area contributed by atoms with Crippen molar-refractivity contribution < 1.29 is 8.42 Å². The first-order valence-electron chi connectivity index (χ1n) is 13.7. The van der Waals surface area contributed by atoms with Crippen molar-refractivity contribution in [3.05, 3.63) is 72.8 Å². The Kier molecular flexibility index (Phi) is 10.1. The first-order chi connectivity index (χ1) is 19.0. The summed E-state index contributed by atoms with van der Waals surface area (Å²) in [4.78, 5) is 14.0. The summed E-state index contributed by atoms with van der Waals surface area (Å²) in [5.41, 5.74) is 1.96. The second-order valence-electron chi connectivity index (χ2n) is 10.4. The minimum Gasteiger partial charge on any atom is -0.369 e. The van der Waals surface area contributed by atoms with Crippen molar-refractivity contribution in [1.82, 2.24) is 24.2 Å². The molecular formula is C30H41N7O2S. The smallest absolute Gasteiger partial charge is 0.240 e. The van der Waals surface area contributed by atoms with E-state index in [1.54, 1.807) is 18.3 Å². The van der Waals surface area contributed by atoms with E-state index in [0.717, 1.165) is 74.0 Å². The number of sulfonamides is 1. The van der Waals surface area contributed by atoms with Crippen LogP contribution in [0.3, 0.4) is 0 Å². The Bertz CT molecular complexity index is 1450. The molecule has 2 aromatic heterocycles. The van der Waals surface area contributed by atoms with Crippen molar-refractivity contribution in [3.63, 3.8) is 0 Å². The van der Waals surface area contributed by atoms with Crippen molar-refractivity contribution >= 4 is 32.7 Å². The Morgan fingerprint density at radius 2 is 1.65 bits per heavy atom. The molecule has 1 fully saturated rings. The second-order valence-corrected chi connectivity index (χ2v) is 12.2. The van der Waals surface area contributed by atoms with Gasteiger partial charge < -0.3 is 15.2 Å². The standard InChI is InChI=1S/C29H37N7O2S.CH4/c1-22-7-13-25(14-8-22)39(37,38)33-20-24-11-9-23(10-12-24)19-32-29-34-27-6-3-2-5-26(27)28(35-29)31-15-4-17-36-18-16-30-21-36;/h2-3,5-8,13-14,16,18,21,23-24,33H,4,9-12,15,17,19-20H2,1H3,(H2,31,32,34,35);1H4. The van der Waals surface area contributed by atoms with Gasteiger partial charge in [-0.15, -0.1) is 0 Å². The van der Waals surface area contributed by atoms with Crippen LogP contribution in [-0.4, -0.2) is 47.6 Å². The van der Waals surface area contributed by atoms with Crippen LogP contribution >= 0.6 is 0 Å². The monoisotopic (exact) mass is 563 g/mol. The van der Waals surface area contributed by atoms with E-state index in [9.17, 15) is 8.42 Å². The Labute approximate surface area is 237 Å². The lowest BCUT2D eigenvalue weighted by Gasteiger charge is -2.28. The predicted octanol–water partition coefficient (Wildman–Crippen LogP) is 5.47. The van der Waals surface area contributed by atoms with Crippen LogP contribution in [0.1, 0.15) is 45.1 Å². The molecule has 0 spiro atoms. The Morgan fingerprint density at radius 1 is 0.925 bits per heavy atom. The van der Waals surface area contributed by atoms with Gasteiger partial charge in [-0.05, 0) is 75.1 Å². The van der Waals surface area contributed by atoms with Gasteiger partial charge in [0.15, 0.2) is 0 Å². The number of aryl methyl sites for hydroxylation is 2. The molecule has 0 bridgehead atoms. The average molecular weight is 564 g/mol. The van der Waals surface area contributed by atoms with Gasteiger partial charge in [-0.25, -0.2) is 23.1 Å². The van der Waals surface area contributed by atoms with E-state index >= 15 is 0 Å². The summed E-state index contributed by atoms with van der Waals surface area (Å²) in [6, 6.07) is 15.1. The molecule has 2 aromatic carbocycles. The fraction of sp³-hybridized carbons (Fsp3) is 0.433. The van der Waals surface area contributed by atoms with Crippen molar-refractivity contribution in [2.75, 3.05) is 30.3 Å². The molecule has 1 aliphatic carbocycles. The van der Waals surface area contributed by atoms with E-state index in [1.165, 1.54) is 0 Å². The molecule has 1 saturated carbocycles. The van der Waals surface area contributed by atoms with E-state index in [2.05, 4.69) is 24.9 Å². The van der Waals surface area contributed by atoms with E-state index < -0.39 is 10.0 Å². The highest BCUT2D eigenvalue weighted by atomic mass is 32.2. The number of rotatable bonds is 12. The first-order valence-corrected chi connectivity index (χ1v) is 15.2. The van der Waals surface area contributed by atoms with Crippen LogP contribution in [0.25, 0.3) is 10.9 Å². The number of nitrogens with zero attached hydrogens (tertiary/aromatic N) is 4. The number of hydrogen-bond donors (Lipinski definition) is 3. The number of nitrogens with one attached hydrogen (secondary N) is 3. The molecule has 4 aromatic rings. The molecule has 5 rings (SSSR count). The molecular weight excluding hydrogens is 522 g/mol. The van der Waals surface area contributed by atoms with E-state index in [0.29, 0.717) is 29.2 Å². The van der Waals surface area contributed by atoms with Gasteiger partial charge in [0.1, 0.15) is 5.82 Å². The van der Waals surface area contributed by atoms with Crippen LogP contribution in [-0.2, 0) is 16.6 Å². The second kappa shape index (κ2) is 13.7. The number of fused-ring (bicyclic) bond motifs is 1. The molecule has 0 radical (unpaired) electrons. The van der Waals surface area contributed by atoms with E-state index in [-0.39, 0.29) is 7.43 Å². The predicted molar refractivity (Wildman–Crippen MR) is 162 cm³/mol. The zero-order chi connectivity index (χ0) is 27.1. The zero-order valence-electron chi connectivity index (χ0n) is 22.4. The van der Waals surface area contributed by atoms with Gasteiger partial charge in [-0.2, -0.15) is 4.98 Å². The quantitative estimate of drug-likeness (QED) is 0.196. The minimum atomic E-state index is -3.47. The summed E-state index contributed by atoms with van der Waals surface area (Å²) in [5.74, 6) is 2.35. The number of para-hydroxylation sites is 1. The molecule has 0 saturated heterocycles. The highest BCUT2D eigenvalue weighted by molar-refractivity contribution is 7.89. The van der Waals surface area contributed by atoms with Gasteiger partial charge in [-0.3, -0.25) is 0 Å². The van der Waals surface area contributed by atoms with Crippen molar-refractivity contribution in [3.8, 4) is 0 Å². The third-order valence-corrected chi connectivity index (χ3v) is 8.90. The van der Waals surface area contributed by atoms with Gasteiger partial charge in [-0.1, -0.05) is 37.3 Å². The third kappa shape index (κ3) is 7.79. The molecule has 0 unspecified atom stereocenters. The first kappa shape index (κ1) is 29.5. The van der Waals surface area contributed by atoms with Crippen LogP contribution in [0, 0.1) is 18.8 Å².